The number of hydrogen-bond acceptors (Lipinski definition) is 6. The molecule has 9 nitrogen and oxygen atoms in total. The minimum atomic E-state index is -3.78. The smallest absolute Gasteiger partial charge is 0.309 e. The zero-order valence-corrected chi connectivity index (χ0v) is 19.3. The van der Waals surface area contributed by atoms with Crippen molar-refractivity contribution in [3.63, 3.8) is 0 Å². The van der Waals surface area contributed by atoms with Gasteiger partial charge in [-0.25, -0.2) is 13.4 Å². The fourth-order valence-corrected chi connectivity index (χ4v) is 5.69. The average Bonchev–Trinajstić information content (AvgIpc) is 3.28. The first-order valence-electron chi connectivity index (χ1n) is 10.6. The zero-order valence-electron chi connectivity index (χ0n) is 18.5. The van der Waals surface area contributed by atoms with Gasteiger partial charge in [-0.2, -0.15) is 13.8 Å². The second-order valence-electron chi connectivity index (χ2n) is 8.49. The Bertz CT molecular complexity index is 1290. The van der Waals surface area contributed by atoms with Crippen LogP contribution in [0.25, 0.3) is 10.9 Å². The highest BCUT2D eigenvalue weighted by Gasteiger charge is 2.39. The zero-order chi connectivity index (χ0) is 23.9. The Kier molecular flexibility index (Phi) is 6.10. The summed E-state index contributed by atoms with van der Waals surface area (Å²) >= 11 is 0. The monoisotopic (exact) mass is 476 g/mol. The van der Waals surface area contributed by atoms with Crippen LogP contribution >= 0.6 is 0 Å². The van der Waals surface area contributed by atoms with Gasteiger partial charge >= 0.3 is 5.97 Å². The van der Waals surface area contributed by atoms with Crippen LogP contribution in [0.3, 0.4) is 0 Å². The number of nitrogens with zero attached hydrogens (tertiary/aromatic N) is 4. The molecular formula is C22H25FN4O5S. The molecule has 1 aromatic carbocycles. The van der Waals surface area contributed by atoms with Crippen LogP contribution in [0.5, 0.6) is 5.75 Å². The lowest BCUT2D eigenvalue weighted by Crippen LogP contribution is -2.29. The van der Waals surface area contributed by atoms with Gasteiger partial charge in [-0.05, 0) is 44.0 Å². The Balaban J connectivity index is 1.64. The second kappa shape index (κ2) is 8.71. The van der Waals surface area contributed by atoms with Gasteiger partial charge < -0.3 is 9.84 Å². The Labute approximate surface area is 190 Å². The molecule has 1 aliphatic heterocycles. The van der Waals surface area contributed by atoms with Crippen molar-refractivity contribution in [1.29, 1.82) is 0 Å². The molecule has 0 aliphatic carbocycles. The van der Waals surface area contributed by atoms with Crippen LogP contribution in [0.15, 0.2) is 41.4 Å². The molecule has 0 spiro atoms. The topological polar surface area (TPSA) is 115 Å². The maximum atomic E-state index is 13.9. The highest BCUT2D eigenvalue weighted by molar-refractivity contribution is 7.89. The van der Waals surface area contributed by atoms with Gasteiger partial charge in [0, 0.05) is 30.7 Å². The number of sulfonamides is 1. The van der Waals surface area contributed by atoms with Gasteiger partial charge in [0.1, 0.15) is 5.75 Å². The number of benzene rings is 1. The fraction of sp³-hybridized carbons (Fsp3) is 0.409. The highest BCUT2D eigenvalue weighted by atomic mass is 32.2. The van der Waals surface area contributed by atoms with Gasteiger partial charge in [-0.15, -0.1) is 0 Å². The molecule has 11 heteroatoms. The van der Waals surface area contributed by atoms with Gasteiger partial charge in [0.25, 0.3) is 0 Å². The third kappa shape index (κ3) is 4.55. The van der Waals surface area contributed by atoms with Crippen LogP contribution in [0.1, 0.15) is 32.5 Å². The average molecular weight is 477 g/mol. The highest BCUT2D eigenvalue weighted by Crippen LogP contribution is 2.34. The quantitative estimate of drug-likeness (QED) is 0.522. The number of aromatic nitrogens is 3. The molecule has 4 rings (SSSR count). The number of carboxylic acid groups (broad SMARTS) is 1. The van der Waals surface area contributed by atoms with E-state index < -0.39 is 28.0 Å². The third-order valence-electron chi connectivity index (χ3n) is 5.64. The number of halogens is 1. The Morgan fingerprint density at radius 2 is 1.97 bits per heavy atom. The summed E-state index contributed by atoms with van der Waals surface area (Å²) in [6, 6.07) is 7.08. The first kappa shape index (κ1) is 23.1. The van der Waals surface area contributed by atoms with E-state index >= 15 is 0 Å². The molecule has 0 bridgehead atoms. The first-order valence-corrected chi connectivity index (χ1v) is 12.0. The largest absolute Gasteiger partial charge is 0.491 e. The van der Waals surface area contributed by atoms with E-state index in [2.05, 4.69) is 10.1 Å². The number of rotatable bonds is 7. The van der Waals surface area contributed by atoms with Crippen molar-refractivity contribution in [1.82, 2.24) is 19.1 Å². The van der Waals surface area contributed by atoms with E-state index in [-0.39, 0.29) is 42.1 Å². The molecule has 33 heavy (non-hydrogen) atoms. The SMILES string of the molecule is CC(C)Oc1ccc(S(=O)(=O)N2C[C@@H](C)[C@@H](n3nc(CC(=O)O)c4cnc(F)cc43)C2)cc1. The third-order valence-corrected chi connectivity index (χ3v) is 7.49. The molecule has 3 aromatic rings. The van der Waals surface area contributed by atoms with Crippen molar-refractivity contribution in [2.24, 2.45) is 5.92 Å². The molecule has 1 fully saturated rings. The molecule has 0 radical (unpaired) electrons. The summed E-state index contributed by atoms with van der Waals surface area (Å²) in [5.41, 5.74) is 0.657. The van der Waals surface area contributed by atoms with Gasteiger partial charge in [0.15, 0.2) is 0 Å². The number of carboxylic acids is 1. The van der Waals surface area contributed by atoms with Crippen LogP contribution in [0.4, 0.5) is 4.39 Å². The maximum Gasteiger partial charge on any atom is 0.309 e. The van der Waals surface area contributed by atoms with Crippen LogP contribution in [-0.4, -0.2) is 57.8 Å². The molecule has 2 atom stereocenters. The van der Waals surface area contributed by atoms with E-state index in [4.69, 9.17) is 4.74 Å². The number of aliphatic carboxylic acids is 1. The number of hydrogen-bond donors (Lipinski definition) is 1. The summed E-state index contributed by atoms with van der Waals surface area (Å²) < 4.78 is 48.9. The van der Waals surface area contributed by atoms with E-state index in [1.165, 1.54) is 33.4 Å². The van der Waals surface area contributed by atoms with Gasteiger partial charge in [-0.1, -0.05) is 6.92 Å². The Morgan fingerprint density at radius 3 is 2.61 bits per heavy atom. The first-order chi connectivity index (χ1) is 15.6. The lowest BCUT2D eigenvalue weighted by molar-refractivity contribution is -0.136. The Hall–Kier alpha value is -3.05. The predicted molar refractivity (Wildman–Crippen MR) is 118 cm³/mol. The number of ether oxygens (including phenoxy) is 1. The van der Waals surface area contributed by atoms with Crippen LogP contribution in [0, 0.1) is 11.9 Å². The minimum Gasteiger partial charge on any atom is -0.491 e. The molecule has 3 heterocycles. The van der Waals surface area contributed by atoms with E-state index in [0.29, 0.717) is 16.7 Å². The number of carbonyl (C=O) groups is 1. The molecule has 2 aromatic heterocycles. The van der Waals surface area contributed by atoms with Crippen LogP contribution in [0.2, 0.25) is 0 Å². The molecule has 0 saturated carbocycles. The van der Waals surface area contributed by atoms with Gasteiger partial charge in [-0.3, -0.25) is 9.48 Å². The summed E-state index contributed by atoms with van der Waals surface area (Å²) in [4.78, 5) is 15.0. The molecule has 1 saturated heterocycles. The molecule has 1 N–H and O–H groups in total. The van der Waals surface area contributed by atoms with Gasteiger partial charge in [0.05, 0.1) is 34.7 Å². The summed E-state index contributed by atoms with van der Waals surface area (Å²) in [5.74, 6) is -1.34. The van der Waals surface area contributed by atoms with Crippen LogP contribution in [-0.2, 0) is 21.2 Å². The predicted octanol–water partition coefficient (Wildman–Crippen LogP) is 2.87. The molecule has 0 amide bonds. The summed E-state index contributed by atoms with van der Waals surface area (Å²) in [6.07, 6.45) is 0.897. The maximum absolute atomic E-state index is 13.9. The van der Waals surface area contributed by atoms with E-state index in [9.17, 15) is 22.7 Å². The van der Waals surface area contributed by atoms with Crippen molar-refractivity contribution in [3.05, 3.63) is 48.2 Å². The molecular weight excluding hydrogens is 451 g/mol. The summed E-state index contributed by atoms with van der Waals surface area (Å²) in [5, 5.41) is 14.1. The lowest BCUT2D eigenvalue weighted by atomic mass is 10.1. The van der Waals surface area contributed by atoms with E-state index in [1.54, 1.807) is 12.1 Å². The minimum absolute atomic E-state index is 0.0254. The standard InChI is InChI=1S/C22H25FN4O5S/c1-13(2)32-15-4-6-16(7-5-15)33(30,31)26-11-14(3)20(12-26)27-19-9-21(23)24-10-17(19)18(25-27)8-22(28)29/h4-7,9-10,13-14,20H,8,11-12H2,1-3H3,(H,28,29)/t14-,20+/m1/s1. The van der Waals surface area contributed by atoms with Crippen molar-refractivity contribution in [3.8, 4) is 5.75 Å². The molecule has 1 aliphatic rings. The van der Waals surface area contributed by atoms with Gasteiger partial charge in [0.2, 0.25) is 16.0 Å². The van der Waals surface area contributed by atoms with E-state index in [0.717, 1.165) is 0 Å². The van der Waals surface area contributed by atoms with E-state index in [1.807, 2.05) is 20.8 Å². The Morgan fingerprint density at radius 1 is 1.27 bits per heavy atom. The second-order valence-corrected chi connectivity index (χ2v) is 10.4. The number of pyridine rings is 1. The normalized spacial score (nSPS) is 19.4. The number of fused-ring (bicyclic) bond motifs is 1. The lowest BCUT2D eigenvalue weighted by Gasteiger charge is -2.18. The molecule has 0 unspecified atom stereocenters. The summed E-state index contributed by atoms with van der Waals surface area (Å²) in [6.45, 7) is 6.04. The fourth-order valence-electron chi connectivity index (χ4n) is 4.13. The van der Waals surface area contributed by atoms with Crippen LogP contribution < -0.4 is 4.74 Å². The van der Waals surface area contributed by atoms with Crippen molar-refractivity contribution in [2.45, 2.75) is 44.2 Å². The van der Waals surface area contributed by atoms with Crippen molar-refractivity contribution < 1.29 is 27.4 Å². The summed E-state index contributed by atoms with van der Waals surface area (Å²) in [7, 11) is -3.78. The van der Waals surface area contributed by atoms with Crippen molar-refractivity contribution >= 4 is 26.9 Å². The van der Waals surface area contributed by atoms with Crippen molar-refractivity contribution in [2.75, 3.05) is 13.1 Å². The molecule has 176 valence electrons.